The quantitative estimate of drug-likeness (QED) is 0.569. The third-order valence-corrected chi connectivity index (χ3v) is 3.48. The Labute approximate surface area is 173 Å². The number of carboxylic acid groups (broad SMARTS) is 1. The minimum Gasteiger partial charge on any atom is -0.487 e. The summed E-state index contributed by atoms with van der Waals surface area (Å²) in [6, 6.07) is 13.2. The Bertz CT molecular complexity index is 811. The van der Waals surface area contributed by atoms with Crippen LogP contribution in [0.3, 0.4) is 0 Å². The van der Waals surface area contributed by atoms with E-state index in [1.54, 1.807) is 48.5 Å². The molecular weight excluding hydrogens is 366 g/mol. The van der Waals surface area contributed by atoms with Gasteiger partial charge in [0.05, 0.1) is 11.3 Å². The molecule has 0 fully saturated rings. The number of carbonyl (C=O) groups is 2. The number of allylic oxidation sites excluding steroid dienone is 2. The molecule has 0 saturated heterocycles. The molecule has 0 radical (unpaired) electrons. The monoisotopic (exact) mass is 397 g/mol. The standard InChI is InChI=1S/C19H19NO4.C3H6.C2H6/c1-3-13(2)12-24-16-11-7-10-15(19(22)23)17(16)20-18(21)14-8-5-4-6-9-14;1-3-2;1-2/h3-11H,12H2,1-2H3,(H,20,21)(H,22,23);3H,1H2,2H3;1-2H3/b13-3+;;. The van der Waals surface area contributed by atoms with E-state index < -0.39 is 11.9 Å². The number of benzene rings is 2. The zero-order valence-electron chi connectivity index (χ0n) is 17.9. The molecule has 0 heterocycles. The van der Waals surface area contributed by atoms with E-state index in [1.165, 1.54) is 6.07 Å². The van der Waals surface area contributed by atoms with E-state index in [0.29, 0.717) is 17.9 Å². The second-order valence-corrected chi connectivity index (χ2v) is 5.64. The molecule has 2 aromatic carbocycles. The summed E-state index contributed by atoms with van der Waals surface area (Å²) in [5.41, 5.74) is 1.57. The van der Waals surface area contributed by atoms with E-state index in [4.69, 9.17) is 4.74 Å². The van der Waals surface area contributed by atoms with E-state index >= 15 is 0 Å². The van der Waals surface area contributed by atoms with Crippen molar-refractivity contribution in [2.75, 3.05) is 11.9 Å². The molecule has 29 heavy (non-hydrogen) atoms. The third-order valence-electron chi connectivity index (χ3n) is 3.48. The van der Waals surface area contributed by atoms with Crippen molar-refractivity contribution in [3.8, 4) is 5.75 Å². The second-order valence-electron chi connectivity index (χ2n) is 5.64. The van der Waals surface area contributed by atoms with Crippen LogP contribution in [0.2, 0.25) is 0 Å². The largest absolute Gasteiger partial charge is 0.487 e. The van der Waals surface area contributed by atoms with Crippen molar-refractivity contribution < 1.29 is 19.4 Å². The number of amides is 1. The maximum absolute atomic E-state index is 12.4. The minimum atomic E-state index is -1.13. The van der Waals surface area contributed by atoms with Gasteiger partial charge in [0.1, 0.15) is 12.4 Å². The fourth-order valence-corrected chi connectivity index (χ4v) is 2.01. The van der Waals surface area contributed by atoms with Crippen molar-refractivity contribution in [2.24, 2.45) is 0 Å². The maximum Gasteiger partial charge on any atom is 0.337 e. The molecule has 1 amide bonds. The Hall–Kier alpha value is -3.34. The van der Waals surface area contributed by atoms with Crippen LogP contribution in [0.1, 0.15) is 55.3 Å². The van der Waals surface area contributed by atoms with Crippen LogP contribution in [0.15, 0.2) is 72.8 Å². The second kappa shape index (κ2) is 14.7. The van der Waals surface area contributed by atoms with Crippen molar-refractivity contribution >= 4 is 17.6 Å². The fraction of sp³-hybridized carbons (Fsp3) is 0.250. The van der Waals surface area contributed by atoms with E-state index in [2.05, 4.69) is 11.9 Å². The fourth-order valence-electron chi connectivity index (χ4n) is 2.01. The lowest BCUT2D eigenvalue weighted by Crippen LogP contribution is -2.16. The highest BCUT2D eigenvalue weighted by Gasteiger charge is 2.18. The van der Waals surface area contributed by atoms with E-state index in [9.17, 15) is 14.7 Å². The average Bonchev–Trinajstić information content (AvgIpc) is 2.75. The van der Waals surface area contributed by atoms with E-state index in [1.807, 2.05) is 40.7 Å². The Morgan fingerprint density at radius 2 is 1.66 bits per heavy atom. The molecule has 0 unspecified atom stereocenters. The molecule has 0 aliphatic rings. The van der Waals surface area contributed by atoms with Crippen molar-refractivity contribution in [1.82, 2.24) is 0 Å². The van der Waals surface area contributed by atoms with Gasteiger partial charge in [-0.25, -0.2) is 4.79 Å². The zero-order valence-corrected chi connectivity index (χ0v) is 17.9. The summed E-state index contributed by atoms with van der Waals surface area (Å²) >= 11 is 0. The molecule has 2 aromatic rings. The molecule has 0 aliphatic heterocycles. The van der Waals surface area contributed by atoms with Gasteiger partial charge < -0.3 is 15.2 Å². The summed E-state index contributed by atoms with van der Waals surface area (Å²) in [5, 5.41) is 12.0. The number of aromatic carboxylic acids is 1. The topological polar surface area (TPSA) is 75.6 Å². The highest BCUT2D eigenvalue weighted by atomic mass is 16.5. The SMILES string of the molecule is C/C=C(\C)COc1cccc(C(=O)O)c1NC(=O)c1ccccc1.C=CC.CC. The highest BCUT2D eigenvalue weighted by molar-refractivity contribution is 6.08. The van der Waals surface area contributed by atoms with Gasteiger partial charge in [0, 0.05) is 5.56 Å². The first-order valence-corrected chi connectivity index (χ1v) is 9.48. The molecule has 0 saturated carbocycles. The lowest BCUT2D eigenvalue weighted by molar-refractivity contribution is 0.0697. The van der Waals surface area contributed by atoms with Crippen molar-refractivity contribution in [2.45, 2.75) is 34.6 Å². The van der Waals surface area contributed by atoms with Crippen LogP contribution in [-0.4, -0.2) is 23.6 Å². The lowest BCUT2D eigenvalue weighted by atomic mass is 10.1. The van der Waals surface area contributed by atoms with E-state index in [-0.39, 0.29) is 11.3 Å². The molecule has 0 atom stereocenters. The molecule has 2 N–H and O–H groups in total. The van der Waals surface area contributed by atoms with Gasteiger partial charge in [0.25, 0.3) is 5.91 Å². The van der Waals surface area contributed by atoms with Crippen molar-refractivity contribution in [3.05, 3.63) is 84.0 Å². The average molecular weight is 398 g/mol. The number of rotatable bonds is 6. The van der Waals surface area contributed by atoms with Crippen LogP contribution < -0.4 is 10.1 Å². The van der Waals surface area contributed by atoms with Gasteiger partial charge >= 0.3 is 5.97 Å². The Morgan fingerprint density at radius 1 is 1.07 bits per heavy atom. The number of carboxylic acids is 1. The minimum absolute atomic E-state index is 0.0186. The molecule has 156 valence electrons. The summed E-state index contributed by atoms with van der Waals surface area (Å²) in [6.45, 7) is 13.4. The number of hydrogen-bond acceptors (Lipinski definition) is 3. The summed E-state index contributed by atoms with van der Waals surface area (Å²) in [6.07, 6.45) is 3.66. The molecule has 0 spiro atoms. The Morgan fingerprint density at radius 3 is 2.17 bits per heavy atom. The Kier molecular flexibility index (Phi) is 13.0. The van der Waals surface area contributed by atoms with Crippen LogP contribution in [-0.2, 0) is 0 Å². The summed E-state index contributed by atoms with van der Waals surface area (Å²) in [5.74, 6) is -1.20. The summed E-state index contributed by atoms with van der Waals surface area (Å²) in [4.78, 5) is 23.8. The smallest absolute Gasteiger partial charge is 0.337 e. The molecule has 2 rings (SSSR count). The first-order chi connectivity index (χ1) is 13.9. The first-order valence-electron chi connectivity index (χ1n) is 9.48. The molecule has 5 nitrogen and oxygen atoms in total. The van der Waals surface area contributed by atoms with Crippen LogP contribution in [0.5, 0.6) is 5.75 Å². The number of carbonyl (C=O) groups excluding carboxylic acids is 1. The number of ether oxygens (including phenoxy) is 1. The number of para-hydroxylation sites is 1. The van der Waals surface area contributed by atoms with Gasteiger partial charge in [-0.1, -0.05) is 50.3 Å². The molecular formula is C24H31NO4. The first kappa shape index (κ1) is 25.7. The van der Waals surface area contributed by atoms with Crippen LogP contribution >= 0.6 is 0 Å². The predicted molar refractivity (Wildman–Crippen MR) is 120 cm³/mol. The van der Waals surface area contributed by atoms with Gasteiger partial charge in [0.2, 0.25) is 0 Å². The van der Waals surface area contributed by atoms with Crippen LogP contribution in [0.4, 0.5) is 5.69 Å². The van der Waals surface area contributed by atoms with Crippen LogP contribution in [0, 0.1) is 0 Å². The summed E-state index contributed by atoms with van der Waals surface area (Å²) in [7, 11) is 0. The van der Waals surface area contributed by atoms with Gasteiger partial charge in [0.15, 0.2) is 0 Å². The van der Waals surface area contributed by atoms with Crippen molar-refractivity contribution in [3.63, 3.8) is 0 Å². The molecule has 0 aliphatic carbocycles. The van der Waals surface area contributed by atoms with Gasteiger partial charge in [-0.05, 0) is 50.6 Å². The highest BCUT2D eigenvalue weighted by Crippen LogP contribution is 2.29. The summed E-state index contributed by atoms with van der Waals surface area (Å²) < 4.78 is 5.67. The van der Waals surface area contributed by atoms with Crippen molar-refractivity contribution in [1.29, 1.82) is 0 Å². The predicted octanol–water partition coefficient (Wildman–Crippen LogP) is 6.20. The zero-order chi connectivity index (χ0) is 22.2. The molecule has 5 heteroatoms. The van der Waals surface area contributed by atoms with Gasteiger partial charge in [-0.2, -0.15) is 0 Å². The molecule has 0 aromatic heterocycles. The Balaban J connectivity index is 0.00000143. The maximum atomic E-state index is 12.4. The third kappa shape index (κ3) is 8.93. The number of anilines is 1. The number of hydrogen-bond donors (Lipinski definition) is 2. The van der Waals surface area contributed by atoms with Gasteiger partial charge in [-0.15, -0.1) is 6.58 Å². The normalized spacial score (nSPS) is 9.76. The lowest BCUT2D eigenvalue weighted by Gasteiger charge is -2.15. The van der Waals surface area contributed by atoms with Gasteiger partial charge in [-0.3, -0.25) is 4.79 Å². The van der Waals surface area contributed by atoms with E-state index in [0.717, 1.165) is 5.57 Å². The number of nitrogens with one attached hydrogen (secondary N) is 1. The van der Waals surface area contributed by atoms with Crippen LogP contribution in [0.25, 0.3) is 0 Å². The molecule has 0 bridgehead atoms.